The molecule has 0 aliphatic carbocycles. The fourth-order valence-electron chi connectivity index (χ4n) is 2.55. The minimum absolute atomic E-state index is 0.112. The molecule has 3 aromatic rings. The third kappa shape index (κ3) is 3.32. The summed E-state index contributed by atoms with van der Waals surface area (Å²) in [6.07, 6.45) is 2.29. The molecule has 1 amide bonds. The molecule has 2 N–H and O–H groups in total. The highest BCUT2D eigenvalue weighted by Gasteiger charge is 2.09. The van der Waals surface area contributed by atoms with Crippen LogP contribution in [0.4, 0.5) is 0 Å². The lowest BCUT2D eigenvalue weighted by atomic mass is 10.1. The first-order valence-corrected chi connectivity index (χ1v) is 7.63. The molecular formula is C18H19N3O3. The van der Waals surface area contributed by atoms with Crippen LogP contribution in [0.1, 0.15) is 15.9 Å². The van der Waals surface area contributed by atoms with Crippen molar-refractivity contribution in [1.82, 2.24) is 15.3 Å². The minimum atomic E-state index is -0.112. The van der Waals surface area contributed by atoms with Gasteiger partial charge in [0.15, 0.2) is 0 Å². The summed E-state index contributed by atoms with van der Waals surface area (Å²) in [5, 5.41) is 2.92. The second-order valence-electron chi connectivity index (χ2n) is 5.32. The van der Waals surface area contributed by atoms with Crippen molar-refractivity contribution in [1.29, 1.82) is 0 Å². The Labute approximate surface area is 139 Å². The average molecular weight is 325 g/mol. The van der Waals surface area contributed by atoms with Crippen molar-refractivity contribution in [3.05, 3.63) is 53.9 Å². The largest absolute Gasteiger partial charge is 0.497 e. The normalized spacial score (nSPS) is 10.6. The number of fused-ring (bicyclic) bond motifs is 1. The highest BCUT2D eigenvalue weighted by atomic mass is 16.5. The van der Waals surface area contributed by atoms with E-state index < -0.39 is 0 Å². The lowest BCUT2D eigenvalue weighted by molar-refractivity contribution is 0.0954. The zero-order valence-electron chi connectivity index (χ0n) is 13.6. The Bertz CT molecular complexity index is 858. The van der Waals surface area contributed by atoms with Crippen LogP contribution in [-0.2, 0) is 6.42 Å². The number of nitrogens with one attached hydrogen (secondary N) is 2. The molecular weight excluding hydrogens is 306 g/mol. The van der Waals surface area contributed by atoms with Crippen molar-refractivity contribution < 1.29 is 14.3 Å². The van der Waals surface area contributed by atoms with E-state index in [2.05, 4.69) is 15.3 Å². The maximum absolute atomic E-state index is 12.3. The average Bonchev–Trinajstić information content (AvgIpc) is 3.09. The number of H-pyrrole nitrogens is 1. The first-order valence-electron chi connectivity index (χ1n) is 7.63. The molecule has 0 bridgehead atoms. The van der Waals surface area contributed by atoms with E-state index in [4.69, 9.17) is 9.47 Å². The number of aromatic nitrogens is 2. The maximum Gasteiger partial charge on any atom is 0.251 e. The molecule has 0 atom stereocenters. The van der Waals surface area contributed by atoms with Gasteiger partial charge in [-0.2, -0.15) is 0 Å². The maximum atomic E-state index is 12.3. The van der Waals surface area contributed by atoms with Gasteiger partial charge in [0.1, 0.15) is 11.5 Å². The third-order valence-electron chi connectivity index (χ3n) is 3.86. The minimum Gasteiger partial charge on any atom is -0.497 e. The first kappa shape index (κ1) is 15.9. The van der Waals surface area contributed by atoms with Gasteiger partial charge < -0.3 is 19.8 Å². The Hall–Kier alpha value is -3.02. The molecule has 3 rings (SSSR count). The van der Waals surface area contributed by atoms with Crippen molar-refractivity contribution in [3.63, 3.8) is 0 Å². The van der Waals surface area contributed by atoms with Crippen LogP contribution in [0.15, 0.2) is 42.7 Å². The Kier molecular flexibility index (Phi) is 4.65. The summed E-state index contributed by atoms with van der Waals surface area (Å²) in [6.45, 7) is 0.516. The third-order valence-corrected chi connectivity index (χ3v) is 3.86. The standard InChI is InChI=1S/C18H19N3O3/c1-23-14-5-3-12(17(10-14)24-2)7-8-19-18(22)13-4-6-15-16(9-13)21-11-20-15/h3-6,9-11H,7-8H2,1-2H3,(H,19,22)(H,20,21). The van der Waals surface area contributed by atoms with Crippen LogP contribution in [0, 0.1) is 0 Å². The zero-order valence-corrected chi connectivity index (χ0v) is 13.6. The molecule has 1 heterocycles. The van der Waals surface area contributed by atoms with E-state index in [0.29, 0.717) is 18.5 Å². The lowest BCUT2D eigenvalue weighted by Gasteiger charge is -2.11. The molecule has 1 aromatic heterocycles. The Morgan fingerprint density at radius 3 is 2.83 bits per heavy atom. The van der Waals surface area contributed by atoms with Crippen molar-refractivity contribution in [2.45, 2.75) is 6.42 Å². The van der Waals surface area contributed by atoms with Gasteiger partial charge in [0, 0.05) is 18.2 Å². The summed E-state index contributed by atoms with van der Waals surface area (Å²) < 4.78 is 10.5. The van der Waals surface area contributed by atoms with Crippen LogP contribution in [0.3, 0.4) is 0 Å². The van der Waals surface area contributed by atoms with Crippen LogP contribution in [0.5, 0.6) is 11.5 Å². The summed E-state index contributed by atoms with van der Waals surface area (Å²) >= 11 is 0. The van der Waals surface area contributed by atoms with Crippen LogP contribution in [0.25, 0.3) is 11.0 Å². The topological polar surface area (TPSA) is 76.2 Å². The van der Waals surface area contributed by atoms with Crippen LogP contribution >= 0.6 is 0 Å². The molecule has 0 unspecified atom stereocenters. The first-order chi connectivity index (χ1) is 11.7. The van der Waals surface area contributed by atoms with Crippen molar-refractivity contribution in [2.24, 2.45) is 0 Å². The predicted molar refractivity (Wildman–Crippen MR) is 91.7 cm³/mol. The number of rotatable bonds is 6. The van der Waals surface area contributed by atoms with Gasteiger partial charge in [0.2, 0.25) is 0 Å². The van der Waals surface area contributed by atoms with E-state index >= 15 is 0 Å². The Morgan fingerprint density at radius 1 is 1.17 bits per heavy atom. The number of hydrogen-bond donors (Lipinski definition) is 2. The van der Waals surface area contributed by atoms with Crippen LogP contribution < -0.4 is 14.8 Å². The molecule has 24 heavy (non-hydrogen) atoms. The van der Waals surface area contributed by atoms with E-state index in [1.807, 2.05) is 24.3 Å². The Balaban J connectivity index is 1.62. The van der Waals surface area contributed by atoms with Crippen molar-refractivity contribution in [3.8, 4) is 11.5 Å². The molecule has 0 saturated heterocycles. The molecule has 2 aromatic carbocycles. The highest BCUT2D eigenvalue weighted by Crippen LogP contribution is 2.24. The van der Waals surface area contributed by atoms with Gasteiger partial charge in [0.25, 0.3) is 5.91 Å². The number of nitrogens with zero attached hydrogens (tertiary/aromatic N) is 1. The molecule has 0 aliphatic rings. The van der Waals surface area contributed by atoms with E-state index in [9.17, 15) is 4.79 Å². The van der Waals surface area contributed by atoms with Gasteiger partial charge in [-0.15, -0.1) is 0 Å². The highest BCUT2D eigenvalue weighted by molar-refractivity contribution is 5.97. The van der Waals surface area contributed by atoms with E-state index in [1.165, 1.54) is 0 Å². The monoisotopic (exact) mass is 325 g/mol. The van der Waals surface area contributed by atoms with Crippen molar-refractivity contribution >= 4 is 16.9 Å². The van der Waals surface area contributed by atoms with Gasteiger partial charge in [-0.1, -0.05) is 6.07 Å². The molecule has 0 saturated carbocycles. The number of ether oxygens (including phenoxy) is 2. The number of carbonyl (C=O) groups excluding carboxylic acids is 1. The van der Waals surface area contributed by atoms with E-state index in [1.54, 1.807) is 32.7 Å². The summed E-state index contributed by atoms with van der Waals surface area (Å²) in [5.74, 6) is 1.38. The molecule has 0 aliphatic heterocycles. The van der Waals surface area contributed by atoms with Crippen LogP contribution in [-0.4, -0.2) is 36.6 Å². The quantitative estimate of drug-likeness (QED) is 0.730. The molecule has 6 heteroatoms. The Morgan fingerprint density at radius 2 is 2.04 bits per heavy atom. The van der Waals surface area contributed by atoms with Gasteiger partial charge in [-0.05, 0) is 36.2 Å². The summed E-state index contributed by atoms with van der Waals surface area (Å²) in [5.41, 5.74) is 3.31. The zero-order chi connectivity index (χ0) is 16.9. The number of aromatic amines is 1. The second kappa shape index (κ2) is 7.04. The fourth-order valence-corrected chi connectivity index (χ4v) is 2.55. The van der Waals surface area contributed by atoms with Crippen molar-refractivity contribution in [2.75, 3.05) is 20.8 Å². The fraction of sp³-hybridized carbons (Fsp3) is 0.222. The smallest absolute Gasteiger partial charge is 0.251 e. The lowest BCUT2D eigenvalue weighted by Crippen LogP contribution is -2.25. The SMILES string of the molecule is COc1ccc(CCNC(=O)c2ccc3nc[nH]c3c2)c(OC)c1. The molecule has 0 fully saturated rings. The number of imidazole rings is 1. The number of amides is 1. The predicted octanol–water partition coefficient (Wildman–Crippen LogP) is 2.55. The number of methoxy groups -OCH3 is 2. The molecule has 124 valence electrons. The van der Waals surface area contributed by atoms with E-state index in [0.717, 1.165) is 28.1 Å². The van der Waals surface area contributed by atoms with Crippen LogP contribution in [0.2, 0.25) is 0 Å². The van der Waals surface area contributed by atoms with Gasteiger partial charge in [0.05, 0.1) is 31.6 Å². The summed E-state index contributed by atoms with van der Waals surface area (Å²) in [4.78, 5) is 19.4. The molecule has 0 radical (unpaired) electrons. The number of carbonyl (C=O) groups is 1. The second-order valence-corrected chi connectivity index (χ2v) is 5.32. The molecule has 0 spiro atoms. The van der Waals surface area contributed by atoms with Gasteiger partial charge in [-0.3, -0.25) is 4.79 Å². The summed E-state index contributed by atoms with van der Waals surface area (Å²) in [6, 6.07) is 11.1. The number of benzene rings is 2. The van der Waals surface area contributed by atoms with Gasteiger partial charge in [-0.25, -0.2) is 4.98 Å². The van der Waals surface area contributed by atoms with Gasteiger partial charge >= 0.3 is 0 Å². The van der Waals surface area contributed by atoms with E-state index in [-0.39, 0.29) is 5.91 Å². The summed E-state index contributed by atoms with van der Waals surface area (Å²) in [7, 11) is 3.24. The molecule has 6 nitrogen and oxygen atoms in total. The number of hydrogen-bond acceptors (Lipinski definition) is 4.